The average molecular weight is 400 g/mol. The summed E-state index contributed by atoms with van der Waals surface area (Å²) in [5.74, 6) is 1.61. The van der Waals surface area contributed by atoms with Gasteiger partial charge in [-0.15, -0.1) is 0 Å². The van der Waals surface area contributed by atoms with Gasteiger partial charge < -0.3 is 20.1 Å². The standard InChI is InChI=1S/C22H24N8/c1-3-29(4-2)22-27-20(24-17-8-6-5-7-9-17)26-21(28-22)25-18-10-12-19(13-11-18)30-15-14-23-16-30/h5-16H,3-4H2,1-2H3,(H2,24,25,26,27,28). The fraction of sp³-hybridized carbons (Fsp3) is 0.182. The molecular formula is C22H24N8. The molecule has 8 nitrogen and oxygen atoms in total. The highest BCUT2D eigenvalue weighted by Crippen LogP contribution is 2.21. The Labute approximate surface area is 175 Å². The molecule has 0 radical (unpaired) electrons. The summed E-state index contributed by atoms with van der Waals surface area (Å²) in [6, 6.07) is 17.9. The third kappa shape index (κ3) is 4.54. The number of hydrogen-bond acceptors (Lipinski definition) is 7. The average Bonchev–Trinajstić information content (AvgIpc) is 3.31. The first-order valence-corrected chi connectivity index (χ1v) is 9.93. The molecule has 0 spiro atoms. The van der Waals surface area contributed by atoms with Crippen LogP contribution in [0, 0.1) is 0 Å². The second kappa shape index (κ2) is 9.04. The molecule has 2 aromatic heterocycles. The normalized spacial score (nSPS) is 10.6. The molecule has 4 aromatic rings. The molecule has 0 unspecified atom stereocenters. The summed E-state index contributed by atoms with van der Waals surface area (Å²) in [4.78, 5) is 20.0. The molecule has 0 aliphatic rings. The third-order valence-corrected chi connectivity index (χ3v) is 4.63. The van der Waals surface area contributed by atoms with Crippen LogP contribution in [0.4, 0.5) is 29.2 Å². The maximum atomic E-state index is 4.62. The minimum atomic E-state index is 0.487. The number of para-hydroxylation sites is 1. The maximum absolute atomic E-state index is 4.62. The van der Waals surface area contributed by atoms with Gasteiger partial charge in [0.1, 0.15) is 0 Å². The van der Waals surface area contributed by atoms with Gasteiger partial charge in [0.05, 0.1) is 6.33 Å². The van der Waals surface area contributed by atoms with Crippen molar-refractivity contribution >= 4 is 29.2 Å². The van der Waals surface area contributed by atoms with Gasteiger partial charge in [0, 0.05) is 42.5 Å². The number of hydrogen-bond donors (Lipinski definition) is 2. The highest BCUT2D eigenvalue weighted by molar-refractivity contribution is 5.60. The number of nitrogens with zero attached hydrogens (tertiary/aromatic N) is 6. The molecule has 2 N–H and O–H groups in total. The molecule has 0 saturated heterocycles. The molecule has 0 atom stereocenters. The highest BCUT2D eigenvalue weighted by atomic mass is 15.3. The summed E-state index contributed by atoms with van der Waals surface area (Å²) in [7, 11) is 0. The van der Waals surface area contributed by atoms with E-state index in [4.69, 9.17) is 0 Å². The van der Waals surface area contributed by atoms with Crippen molar-refractivity contribution in [1.82, 2.24) is 24.5 Å². The van der Waals surface area contributed by atoms with Gasteiger partial charge in [-0.3, -0.25) is 0 Å². The van der Waals surface area contributed by atoms with E-state index in [2.05, 4.69) is 49.3 Å². The number of nitrogens with one attached hydrogen (secondary N) is 2. The molecular weight excluding hydrogens is 376 g/mol. The summed E-state index contributed by atoms with van der Waals surface area (Å²) >= 11 is 0. The number of aromatic nitrogens is 5. The lowest BCUT2D eigenvalue weighted by atomic mass is 10.3. The van der Waals surface area contributed by atoms with Gasteiger partial charge >= 0.3 is 0 Å². The molecule has 2 heterocycles. The molecule has 0 amide bonds. The summed E-state index contributed by atoms with van der Waals surface area (Å²) < 4.78 is 1.95. The topological polar surface area (TPSA) is 83.8 Å². The van der Waals surface area contributed by atoms with Gasteiger partial charge in [0.15, 0.2) is 0 Å². The molecule has 2 aromatic carbocycles. The Hall–Kier alpha value is -3.94. The van der Waals surface area contributed by atoms with Crippen LogP contribution in [-0.4, -0.2) is 37.6 Å². The Kier molecular flexibility index (Phi) is 5.84. The van der Waals surface area contributed by atoms with Gasteiger partial charge in [0.25, 0.3) is 0 Å². The van der Waals surface area contributed by atoms with Crippen molar-refractivity contribution in [2.75, 3.05) is 28.6 Å². The zero-order valence-corrected chi connectivity index (χ0v) is 17.0. The molecule has 0 aliphatic heterocycles. The monoisotopic (exact) mass is 400 g/mol. The molecule has 30 heavy (non-hydrogen) atoms. The predicted molar refractivity (Wildman–Crippen MR) is 120 cm³/mol. The quantitative estimate of drug-likeness (QED) is 0.454. The van der Waals surface area contributed by atoms with Crippen LogP contribution < -0.4 is 15.5 Å². The molecule has 0 bridgehead atoms. The lowest BCUT2D eigenvalue weighted by Crippen LogP contribution is -2.25. The van der Waals surface area contributed by atoms with Crippen molar-refractivity contribution < 1.29 is 0 Å². The fourth-order valence-electron chi connectivity index (χ4n) is 3.03. The minimum Gasteiger partial charge on any atom is -0.341 e. The number of rotatable bonds is 8. The largest absolute Gasteiger partial charge is 0.341 e. The van der Waals surface area contributed by atoms with Gasteiger partial charge in [-0.05, 0) is 50.2 Å². The van der Waals surface area contributed by atoms with E-state index in [1.54, 1.807) is 12.5 Å². The van der Waals surface area contributed by atoms with E-state index < -0.39 is 0 Å². The second-order valence-corrected chi connectivity index (χ2v) is 6.59. The lowest BCUT2D eigenvalue weighted by molar-refractivity contribution is 0.816. The van der Waals surface area contributed by atoms with Crippen LogP contribution in [0.2, 0.25) is 0 Å². The van der Waals surface area contributed by atoms with Gasteiger partial charge in [-0.25, -0.2) is 4.98 Å². The van der Waals surface area contributed by atoms with Crippen molar-refractivity contribution in [3.05, 3.63) is 73.3 Å². The molecule has 152 valence electrons. The van der Waals surface area contributed by atoms with E-state index in [-0.39, 0.29) is 0 Å². The van der Waals surface area contributed by atoms with Crippen LogP contribution in [0.5, 0.6) is 0 Å². The first-order valence-electron chi connectivity index (χ1n) is 9.93. The zero-order chi connectivity index (χ0) is 20.8. The Bertz CT molecular complexity index is 1060. The van der Waals surface area contributed by atoms with E-state index in [1.165, 1.54) is 0 Å². The van der Waals surface area contributed by atoms with E-state index in [9.17, 15) is 0 Å². The number of anilines is 5. The Morgan fingerprint density at radius 1 is 0.800 bits per heavy atom. The summed E-state index contributed by atoms with van der Waals surface area (Å²) in [5, 5.41) is 6.55. The van der Waals surface area contributed by atoms with Crippen molar-refractivity contribution in [3.63, 3.8) is 0 Å². The second-order valence-electron chi connectivity index (χ2n) is 6.59. The highest BCUT2D eigenvalue weighted by Gasteiger charge is 2.12. The first-order chi connectivity index (χ1) is 14.7. The Morgan fingerprint density at radius 2 is 1.43 bits per heavy atom. The molecule has 0 saturated carbocycles. The van der Waals surface area contributed by atoms with Crippen LogP contribution in [0.25, 0.3) is 5.69 Å². The zero-order valence-electron chi connectivity index (χ0n) is 17.0. The van der Waals surface area contributed by atoms with E-state index >= 15 is 0 Å². The molecule has 0 aliphatic carbocycles. The van der Waals surface area contributed by atoms with Crippen molar-refractivity contribution in [1.29, 1.82) is 0 Å². The summed E-state index contributed by atoms with van der Waals surface area (Å²) in [5.41, 5.74) is 2.84. The summed E-state index contributed by atoms with van der Waals surface area (Å²) in [6.07, 6.45) is 5.44. The van der Waals surface area contributed by atoms with Crippen LogP contribution >= 0.6 is 0 Å². The third-order valence-electron chi connectivity index (χ3n) is 4.63. The van der Waals surface area contributed by atoms with Crippen molar-refractivity contribution in [2.45, 2.75) is 13.8 Å². The Morgan fingerprint density at radius 3 is 2.00 bits per heavy atom. The van der Waals surface area contributed by atoms with E-state index in [1.807, 2.05) is 65.4 Å². The predicted octanol–water partition coefficient (Wildman–Crippen LogP) is 4.39. The molecule has 0 fully saturated rings. The molecule has 8 heteroatoms. The molecule has 4 rings (SSSR count). The summed E-state index contributed by atoms with van der Waals surface area (Å²) in [6.45, 7) is 5.79. The van der Waals surface area contributed by atoms with Crippen molar-refractivity contribution in [2.24, 2.45) is 0 Å². The smallest absolute Gasteiger partial charge is 0.233 e. The van der Waals surface area contributed by atoms with Gasteiger partial charge in [0.2, 0.25) is 17.8 Å². The number of benzene rings is 2. The van der Waals surface area contributed by atoms with Crippen LogP contribution in [0.15, 0.2) is 73.3 Å². The minimum absolute atomic E-state index is 0.487. The SMILES string of the molecule is CCN(CC)c1nc(Nc2ccccc2)nc(Nc2ccc(-n3ccnc3)cc2)n1. The fourth-order valence-corrected chi connectivity index (χ4v) is 3.03. The number of imidazole rings is 1. The van der Waals surface area contributed by atoms with E-state index in [0.29, 0.717) is 17.8 Å². The first kappa shape index (κ1) is 19.4. The van der Waals surface area contributed by atoms with Gasteiger partial charge in [-0.2, -0.15) is 15.0 Å². The van der Waals surface area contributed by atoms with Crippen molar-refractivity contribution in [3.8, 4) is 5.69 Å². The maximum Gasteiger partial charge on any atom is 0.233 e. The van der Waals surface area contributed by atoms with Crippen LogP contribution in [0.3, 0.4) is 0 Å². The Balaban J connectivity index is 1.60. The van der Waals surface area contributed by atoms with Gasteiger partial charge in [-0.1, -0.05) is 18.2 Å². The lowest BCUT2D eigenvalue weighted by Gasteiger charge is -2.20. The van der Waals surface area contributed by atoms with E-state index in [0.717, 1.165) is 30.2 Å². The van der Waals surface area contributed by atoms with Crippen LogP contribution in [0.1, 0.15) is 13.8 Å². The van der Waals surface area contributed by atoms with Crippen LogP contribution in [-0.2, 0) is 0 Å².